The molecule has 0 bridgehead atoms. The first-order valence-corrected chi connectivity index (χ1v) is 12.6. The maximum atomic E-state index is 13.8. The van der Waals surface area contributed by atoms with Gasteiger partial charge in [0.1, 0.15) is 5.75 Å². The fraction of sp³-hybridized carbons (Fsp3) is 0.138. The van der Waals surface area contributed by atoms with Crippen molar-refractivity contribution in [1.82, 2.24) is 4.57 Å². The van der Waals surface area contributed by atoms with Crippen LogP contribution in [-0.4, -0.2) is 29.8 Å². The number of carbonyl (C=O) groups excluding carboxylic acids is 1. The summed E-state index contributed by atoms with van der Waals surface area (Å²) in [5.41, 5.74) is 2.59. The molecule has 0 radical (unpaired) electrons. The van der Waals surface area contributed by atoms with Crippen molar-refractivity contribution in [1.29, 1.82) is 0 Å². The molecule has 1 aliphatic rings. The minimum atomic E-state index is -0.789. The highest BCUT2D eigenvalue weighted by atomic mass is 32.1. The second-order valence-electron chi connectivity index (χ2n) is 8.61. The standard InChI is InChI=1S/C29H25N3O5S/c1-17-25(27(34)31-20-7-5-4-6-8-20)26(19-11-14-22(33)23(16-19)37-3)32-28(35)24(38-29(32)30-17)15-18-9-12-21(36-2)13-10-18/h4-16,26,33H,1-3H3,(H,31,34)/b24-15+/t26-/m1/s1. The van der Waals surface area contributed by atoms with Crippen LogP contribution < -0.4 is 29.7 Å². The number of fused-ring (bicyclic) bond motifs is 1. The number of aromatic nitrogens is 1. The van der Waals surface area contributed by atoms with Crippen molar-refractivity contribution in [2.75, 3.05) is 19.5 Å². The van der Waals surface area contributed by atoms with Gasteiger partial charge in [-0.15, -0.1) is 0 Å². The number of phenols is 1. The normalized spacial score (nSPS) is 15.0. The van der Waals surface area contributed by atoms with Gasteiger partial charge in [-0.1, -0.05) is 47.7 Å². The summed E-state index contributed by atoms with van der Waals surface area (Å²) in [6.45, 7) is 1.76. The lowest BCUT2D eigenvalue weighted by Gasteiger charge is -2.25. The zero-order valence-corrected chi connectivity index (χ0v) is 21.8. The Morgan fingerprint density at radius 3 is 2.47 bits per heavy atom. The Morgan fingerprint density at radius 2 is 1.79 bits per heavy atom. The van der Waals surface area contributed by atoms with E-state index >= 15 is 0 Å². The molecular formula is C29H25N3O5S. The smallest absolute Gasteiger partial charge is 0.271 e. The molecule has 1 aliphatic heterocycles. The number of aromatic hydroxyl groups is 1. The zero-order chi connectivity index (χ0) is 26.8. The molecule has 3 aromatic carbocycles. The van der Waals surface area contributed by atoms with Crippen molar-refractivity contribution >= 4 is 29.0 Å². The summed E-state index contributed by atoms with van der Waals surface area (Å²) in [5.74, 6) is 0.535. The van der Waals surface area contributed by atoms with E-state index in [4.69, 9.17) is 9.47 Å². The van der Waals surface area contributed by atoms with E-state index in [0.717, 1.165) is 11.3 Å². The Balaban J connectivity index is 1.68. The minimum absolute atomic E-state index is 0.0425. The van der Waals surface area contributed by atoms with Gasteiger partial charge in [-0.05, 0) is 60.5 Å². The molecule has 0 aliphatic carbocycles. The third-order valence-electron chi connectivity index (χ3n) is 6.23. The third kappa shape index (κ3) is 4.71. The van der Waals surface area contributed by atoms with E-state index in [1.165, 1.54) is 29.1 Å². The van der Waals surface area contributed by atoms with Crippen LogP contribution in [0.5, 0.6) is 17.2 Å². The van der Waals surface area contributed by atoms with Gasteiger partial charge in [0, 0.05) is 5.69 Å². The number of anilines is 1. The molecule has 192 valence electrons. The summed E-state index contributed by atoms with van der Waals surface area (Å²) in [6.07, 6.45) is 1.79. The van der Waals surface area contributed by atoms with Gasteiger partial charge in [-0.3, -0.25) is 14.2 Å². The topological polar surface area (TPSA) is 102 Å². The van der Waals surface area contributed by atoms with E-state index in [-0.39, 0.29) is 23.0 Å². The van der Waals surface area contributed by atoms with Gasteiger partial charge in [0.25, 0.3) is 11.5 Å². The number of nitrogens with zero attached hydrogens (tertiary/aromatic N) is 2. The maximum Gasteiger partial charge on any atom is 0.271 e. The summed E-state index contributed by atoms with van der Waals surface area (Å²) >= 11 is 1.25. The quantitative estimate of drug-likeness (QED) is 0.399. The van der Waals surface area contributed by atoms with Crippen LogP contribution in [-0.2, 0) is 4.79 Å². The van der Waals surface area contributed by atoms with Crippen LogP contribution in [0.2, 0.25) is 0 Å². The van der Waals surface area contributed by atoms with Gasteiger partial charge in [0.05, 0.1) is 36.1 Å². The monoisotopic (exact) mass is 527 g/mol. The van der Waals surface area contributed by atoms with E-state index in [9.17, 15) is 14.7 Å². The van der Waals surface area contributed by atoms with Gasteiger partial charge in [0.2, 0.25) is 0 Å². The third-order valence-corrected chi connectivity index (χ3v) is 7.21. The van der Waals surface area contributed by atoms with Gasteiger partial charge < -0.3 is 19.9 Å². The fourth-order valence-corrected chi connectivity index (χ4v) is 5.41. The van der Waals surface area contributed by atoms with Crippen LogP contribution in [0.15, 0.2) is 93.9 Å². The highest BCUT2D eigenvalue weighted by Gasteiger charge is 2.33. The molecule has 0 saturated carbocycles. The number of methoxy groups -OCH3 is 2. The van der Waals surface area contributed by atoms with Gasteiger partial charge in [-0.2, -0.15) is 0 Å². The van der Waals surface area contributed by atoms with E-state index in [2.05, 4.69) is 10.3 Å². The van der Waals surface area contributed by atoms with Crippen molar-refractivity contribution in [2.45, 2.75) is 13.0 Å². The van der Waals surface area contributed by atoms with Crippen molar-refractivity contribution < 1.29 is 19.4 Å². The number of benzene rings is 3. The molecule has 2 N–H and O–H groups in total. The number of para-hydroxylation sites is 1. The summed E-state index contributed by atoms with van der Waals surface area (Å²) in [6, 6.07) is 20.5. The molecular weight excluding hydrogens is 502 g/mol. The maximum absolute atomic E-state index is 13.8. The molecule has 38 heavy (non-hydrogen) atoms. The Kier molecular flexibility index (Phi) is 6.85. The van der Waals surface area contributed by atoms with Gasteiger partial charge in [0.15, 0.2) is 16.3 Å². The largest absolute Gasteiger partial charge is 0.504 e. The number of allylic oxidation sites excluding steroid dienone is 1. The first-order valence-electron chi connectivity index (χ1n) is 11.8. The van der Waals surface area contributed by atoms with Gasteiger partial charge >= 0.3 is 0 Å². The molecule has 1 aromatic heterocycles. The molecule has 0 saturated heterocycles. The SMILES string of the molecule is COc1ccc(/C=c2/sc3n(c2=O)[C@H](c2ccc(O)c(OC)c2)C(C(=O)Nc2ccccc2)=C(C)N=3)cc1. The zero-order valence-electron chi connectivity index (χ0n) is 21.0. The predicted octanol–water partition coefficient (Wildman–Crippen LogP) is 3.60. The number of thiazole rings is 1. The summed E-state index contributed by atoms with van der Waals surface area (Å²) in [7, 11) is 3.04. The first-order chi connectivity index (χ1) is 18.4. The first kappa shape index (κ1) is 25.0. The number of phenolic OH excluding ortho intramolecular Hbond substituents is 1. The number of rotatable bonds is 6. The lowest BCUT2D eigenvalue weighted by atomic mass is 9.94. The van der Waals surface area contributed by atoms with Crippen LogP contribution in [0, 0.1) is 0 Å². The molecule has 9 heteroatoms. The molecule has 4 aromatic rings. The lowest BCUT2D eigenvalue weighted by Crippen LogP contribution is -2.40. The molecule has 2 heterocycles. The molecule has 1 atom stereocenters. The van der Waals surface area contributed by atoms with Crippen LogP contribution in [0.4, 0.5) is 5.69 Å². The average molecular weight is 528 g/mol. The summed E-state index contributed by atoms with van der Waals surface area (Å²) in [5, 5.41) is 13.1. The number of ether oxygens (including phenoxy) is 2. The second kappa shape index (κ2) is 10.4. The van der Waals surface area contributed by atoms with Gasteiger partial charge in [-0.25, -0.2) is 4.99 Å². The molecule has 5 rings (SSSR count). The molecule has 0 fully saturated rings. The van der Waals surface area contributed by atoms with Crippen LogP contribution >= 0.6 is 11.3 Å². The predicted molar refractivity (Wildman–Crippen MR) is 146 cm³/mol. The minimum Gasteiger partial charge on any atom is -0.504 e. The summed E-state index contributed by atoms with van der Waals surface area (Å²) < 4.78 is 12.6. The molecule has 1 amide bonds. The highest BCUT2D eigenvalue weighted by molar-refractivity contribution is 7.07. The number of carbonyl (C=O) groups is 1. The lowest BCUT2D eigenvalue weighted by molar-refractivity contribution is -0.113. The van der Waals surface area contributed by atoms with E-state index < -0.39 is 6.04 Å². The number of amides is 1. The Morgan fingerprint density at radius 1 is 1.05 bits per heavy atom. The van der Waals surface area contributed by atoms with Crippen LogP contribution in [0.3, 0.4) is 0 Å². The Hall–Kier alpha value is -4.63. The molecule has 0 unspecified atom stereocenters. The van der Waals surface area contributed by atoms with Crippen molar-refractivity contribution in [3.05, 3.63) is 115 Å². The van der Waals surface area contributed by atoms with E-state index in [1.807, 2.05) is 42.5 Å². The average Bonchev–Trinajstić information content (AvgIpc) is 3.23. The second-order valence-corrected chi connectivity index (χ2v) is 9.62. The number of hydrogen-bond acceptors (Lipinski definition) is 7. The van der Waals surface area contributed by atoms with Crippen LogP contribution in [0.25, 0.3) is 6.08 Å². The van der Waals surface area contributed by atoms with Crippen molar-refractivity contribution in [2.24, 2.45) is 4.99 Å². The Bertz CT molecular complexity index is 1720. The molecule has 0 spiro atoms. The van der Waals surface area contributed by atoms with E-state index in [0.29, 0.717) is 31.9 Å². The fourth-order valence-electron chi connectivity index (χ4n) is 4.36. The van der Waals surface area contributed by atoms with Crippen molar-refractivity contribution in [3.63, 3.8) is 0 Å². The highest BCUT2D eigenvalue weighted by Crippen LogP contribution is 2.35. The number of nitrogens with one attached hydrogen (secondary N) is 1. The van der Waals surface area contributed by atoms with Crippen molar-refractivity contribution in [3.8, 4) is 17.2 Å². The number of hydrogen-bond donors (Lipinski definition) is 2. The van der Waals surface area contributed by atoms with E-state index in [1.54, 1.807) is 44.4 Å². The van der Waals surface area contributed by atoms with Crippen LogP contribution in [0.1, 0.15) is 24.1 Å². The Labute approximate surface area is 222 Å². The summed E-state index contributed by atoms with van der Waals surface area (Å²) in [4.78, 5) is 32.6. The molecule has 8 nitrogen and oxygen atoms in total.